The van der Waals surface area contributed by atoms with Gasteiger partial charge in [0.1, 0.15) is 0 Å². The Labute approximate surface area is 170 Å². The molecule has 0 spiro atoms. The highest BCUT2D eigenvalue weighted by molar-refractivity contribution is 6.16. The molecular formula is C22H27NO6. The normalized spacial score (nSPS) is 18.6. The number of carbonyl (C=O) groups excluding carboxylic acids is 2. The average molecular weight is 401 g/mol. The van der Waals surface area contributed by atoms with Gasteiger partial charge in [-0.25, -0.2) is 4.79 Å². The van der Waals surface area contributed by atoms with Gasteiger partial charge in [-0.1, -0.05) is 12.8 Å². The average Bonchev–Trinajstić information content (AvgIpc) is 3.33. The molecule has 0 atom stereocenters. The summed E-state index contributed by atoms with van der Waals surface area (Å²) in [5.74, 6) is 0.640. The Morgan fingerprint density at radius 3 is 2.24 bits per heavy atom. The zero-order valence-electron chi connectivity index (χ0n) is 17.5. The molecule has 2 aliphatic rings. The van der Waals surface area contributed by atoms with Crippen molar-refractivity contribution in [3.63, 3.8) is 0 Å². The van der Waals surface area contributed by atoms with Crippen LogP contribution in [0.2, 0.25) is 0 Å². The molecule has 1 amide bonds. The van der Waals surface area contributed by atoms with E-state index in [2.05, 4.69) is 0 Å². The van der Waals surface area contributed by atoms with Crippen LogP contribution < -0.4 is 14.2 Å². The molecule has 1 aromatic carbocycles. The summed E-state index contributed by atoms with van der Waals surface area (Å²) in [6, 6.07) is 3.61. The molecule has 7 heteroatoms. The van der Waals surface area contributed by atoms with E-state index < -0.39 is 5.97 Å². The summed E-state index contributed by atoms with van der Waals surface area (Å²) < 4.78 is 21.3. The summed E-state index contributed by atoms with van der Waals surface area (Å²) in [6.45, 7) is 1.80. The predicted octanol–water partition coefficient (Wildman–Crippen LogP) is 3.33. The number of rotatable bonds is 6. The van der Waals surface area contributed by atoms with E-state index in [0.29, 0.717) is 39.7 Å². The lowest BCUT2D eigenvalue weighted by molar-refractivity contribution is -0.136. The Kier molecular flexibility index (Phi) is 6.15. The largest absolute Gasteiger partial charge is 0.493 e. The molecule has 1 aliphatic heterocycles. The molecule has 156 valence electrons. The van der Waals surface area contributed by atoms with Crippen LogP contribution in [-0.4, -0.2) is 51.3 Å². The Morgan fingerprint density at radius 1 is 1.03 bits per heavy atom. The first-order valence-corrected chi connectivity index (χ1v) is 9.62. The summed E-state index contributed by atoms with van der Waals surface area (Å²) in [4.78, 5) is 27.6. The van der Waals surface area contributed by atoms with Crippen LogP contribution in [-0.2, 0) is 14.3 Å². The zero-order chi connectivity index (χ0) is 21.1. The minimum absolute atomic E-state index is 0.111. The van der Waals surface area contributed by atoms with E-state index in [4.69, 9.17) is 18.9 Å². The van der Waals surface area contributed by atoms with Crippen molar-refractivity contribution < 1.29 is 28.5 Å². The van der Waals surface area contributed by atoms with Crippen LogP contribution in [0.3, 0.4) is 0 Å². The minimum atomic E-state index is -0.526. The van der Waals surface area contributed by atoms with E-state index >= 15 is 0 Å². The fourth-order valence-electron chi connectivity index (χ4n) is 4.19. The second-order valence-electron chi connectivity index (χ2n) is 7.05. The van der Waals surface area contributed by atoms with Gasteiger partial charge in [0.25, 0.3) is 5.91 Å². The van der Waals surface area contributed by atoms with Crippen molar-refractivity contribution in [1.82, 2.24) is 4.90 Å². The third-order valence-corrected chi connectivity index (χ3v) is 5.56. The Balaban J connectivity index is 2.14. The van der Waals surface area contributed by atoms with E-state index in [9.17, 15) is 9.59 Å². The molecule has 29 heavy (non-hydrogen) atoms. The smallest absolute Gasteiger partial charge is 0.340 e. The van der Waals surface area contributed by atoms with Crippen molar-refractivity contribution in [2.24, 2.45) is 0 Å². The molecule has 0 bridgehead atoms. The molecule has 0 saturated heterocycles. The second-order valence-corrected chi connectivity index (χ2v) is 7.05. The minimum Gasteiger partial charge on any atom is -0.493 e. The van der Waals surface area contributed by atoms with Crippen molar-refractivity contribution in [3.8, 4) is 17.2 Å². The molecule has 0 N–H and O–H groups in total. The van der Waals surface area contributed by atoms with Crippen LogP contribution in [0.15, 0.2) is 29.0 Å². The van der Waals surface area contributed by atoms with Gasteiger partial charge in [0, 0.05) is 17.3 Å². The predicted molar refractivity (Wildman–Crippen MR) is 108 cm³/mol. The topological polar surface area (TPSA) is 74.3 Å². The highest BCUT2D eigenvalue weighted by Gasteiger charge is 2.41. The highest BCUT2D eigenvalue weighted by atomic mass is 16.5. The maximum absolute atomic E-state index is 13.3. The SMILES string of the molecule is COC(=O)C1=C(C)N(C2CCCC2)C(=O)/C1=C\c1ccc(OC)c(OC)c1OC. The van der Waals surface area contributed by atoms with Crippen molar-refractivity contribution in [1.29, 1.82) is 0 Å². The van der Waals surface area contributed by atoms with Gasteiger partial charge in [0.2, 0.25) is 5.75 Å². The van der Waals surface area contributed by atoms with Gasteiger partial charge in [-0.2, -0.15) is 0 Å². The number of allylic oxidation sites excluding steroid dienone is 1. The van der Waals surface area contributed by atoms with Crippen LogP contribution in [0.4, 0.5) is 0 Å². The molecule has 1 fully saturated rings. The number of ether oxygens (including phenoxy) is 4. The van der Waals surface area contributed by atoms with Crippen LogP contribution in [0.25, 0.3) is 6.08 Å². The third-order valence-electron chi connectivity index (χ3n) is 5.56. The lowest BCUT2D eigenvalue weighted by atomic mass is 10.0. The van der Waals surface area contributed by atoms with Crippen LogP contribution in [0.1, 0.15) is 38.2 Å². The summed E-state index contributed by atoms with van der Waals surface area (Å²) in [6.07, 6.45) is 5.69. The quantitative estimate of drug-likeness (QED) is 0.538. The van der Waals surface area contributed by atoms with E-state index in [1.54, 1.807) is 30.0 Å². The Bertz CT molecular complexity index is 880. The van der Waals surface area contributed by atoms with E-state index in [-0.39, 0.29) is 11.9 Å². The molecule has 0 radical (unpaired) electrons. The number of hydrogen-bond donors (Lipinski definition) is 0. The van der Waals surface area contributed by atoms with Crippen molar-refractivity contribution in [2.75, 3.05) is 28.4 Å². The number of nitrogens with zero attached hydrogens (tertiary/aromatic N) is 1. The van der Waals surface area contributed by atoms with Gasteiger partial charge >= 0.3 is 5.97 Å². The Hall–Kier alpha value is -2.96. The zero-order valence-corrected chi connectivity index (χ0v) is 17.5. The molecule has 1 heterocycles. The number of amides is 1. The molecule has 1 aromatic rings. The van der Waals surface area contributed by atoms with E-state index in [0.717, 1.165) is 25.7 Å². The van der Waals surface area contributed by atoms with Crippen LogP contribution in [0.5, 0.6) is 17.2 Å². The first kappa shape index (κ1) is 20.8. The summed E-state index contributed by atoms with van der Waals surface area (Å²) in [5, 5.41) is 0. The van der Waals surface area contributed by atoms with Crippen molar-refractivity contribution in [3.05, 3.63) is 34.5 Å². The molecule has 0 unspecified atom stereocenters. The first-order valence-electron chi connectivity index (χ1n) is 9.62. The fraction of sp³-hybridized carbons (Fsp3) is 0.455. The molecule has 3 rings (SSSR count). The summed E-state index contributed by atoms with van der Waals surface area (Å²) >= 11 is 0. The van der Waals surface area contributed by atoms with Crippen molar-refractivity contribution in [2.45, 2.75) is 38.6 Å². The van der Waals surface area contributed by atoms with Crippen molar-refractivity contribution >= 4 is 18.0 Å². The van der Waals surface area contributed by atoms with Gasteiger partial charge in [0.15, 0.2) is 11.5 Å². The second kappa shape index (κ2) is 8.59. The maximum atomic E-state index is 13.3. The number of methoxy groups -OCH3 is 4. The van der Waals surface area contributed by atoms with Crippen LogP contribution >= 0.6 is 0 Å². The van der Waals surface area contributed by atoms with Gasteiger partial charge in [-0.15, -0.1) is 0 Å². The van der Waals surface area contributed by atoms with E-state index in [1.165, 1.54) is 28.4 Å². The summed E-state index contributed by atoms with van der Waals surface area (Å²) in [5.41, 5.74) is 1.84. The summed E-state index contributed by atoms with van der Waals surface area (Å²) in [7, 11) is 5.89. The van der Waals surface area contributed by atoms with Gasteiger partial charge < -0.3 is 23.8 Å². The van der Waals surface area contributed by atoms with Gasteiger partial charge in [0.05, 0.1) is 39.6 Å². The monoisotopic (exact) mass is 401 g/mol. The molecule has 1 saturated carbocycles. The number of carbonyl (C=O) groups is 2. The molecule has 0 aromatic heterocycles. The lowest BCUT2D eigenvalue weighted by Gasteiger charge is -2.25. The molecule has 1 aliphatic carbocycles. The lowest BCUT2D eigenvalue weighted by Crippen LogP contribution is -2.34. The molecular weight excluding hydrogens is 374 g/mol. The first-order chi connectivity index (χ1) is 14.0. The highest BCUT2D eigenvalue weighted by Crippen LogP contribution is 2.43. The number of benzene rings is 1. The standard InChI is InChI=1S/C22H27NO6/c1-13-18(22(25)29-5)16(21(24)23(13)15-8-6-7-9-15)12-14-10-11-17(26-2)20(28-4)19(14)27-3/h10-12,15H,6-9H2,1-5H3/b16-12-. The third kappa shape index (κ3) is 3.57. The fourth-order valence-corrected chi connectivity index (χ4v) is 4.19. The number of hydrogen-bond acceptors (Lipinski definition) is 6. The van der Waals surface area contributed by atoms with Gasteiger partial charge in [-0.05, 0) is 38.0 Å². The van der Waals surface area contributed by atoms with Crippen LogP contribution in [0, 0.1) is 0 Å². The van der Waals surface area contributed by atoms with E-state index in [1.807, 2.05) is 0 Å². The number of esters is 1. The maximum Gasteiger partial charge on any atom is 0.340 e. The molecule has 7 nitrogen and oxygen atoms in total. The Morgan fingerprint density at radius 2 is 1.69 bits per heavy atom. The van der Waals surface area contributed by atoms with Gasteiger partial charge in [-0.3, -0.25) is 4.79 Å².